The molecule has 4 saturated carbocycles. The van der Waals surface area contributed by atoms with Crippen LogP contribution in [0.25, 0.3) is 10.4 Å². The third-order valence-corrected chi connectivity index (χ3v) is 33.2. The van der Waals surface area contributed by atoms with Crippen LogP contribution < -0.4 is 5.43 Å². The van der Waals surface area contributed by atoms with E-state index in [0.717, 1.165) is 12.5 Å². The van der Waals surface area contributed by atoms with Crippen molar-refractivity contribution in [3.63, 3.8) is 0 Å². The van der Waals surface area contributed by atoms with Crippen LogP contribution in [0.3, 0.4) is 0 Å². The normalized spacial score (nSPS) is 48.5. The van der Waals surface area contributed by atoms with Crippen LogP contribution in [0.5, 0.6) is 0 Å². The quantitative estimate of drug-likeness (QED) is 0.00313. The molecule has 1 amide bonds. The van der Waals surface area contributed by atoms with Gasteiger partial charge in [0.2, 0.25) is 12.2 Å². The smallest absolute Gasteiger partial charge is 0.335 e. The number of azide groups is 1. The van der Waals surface area contributed by atoms with Crippen molar-refractivity contribution in [2.75, 3.05) is 92.4 Å². The topological polar surface area (TPSA) is 819 Å². The number of allylic oxidation sites excluding steroid dienone is 2. The van der Waals surface area contributed by atoms with Gasteiger partial charge in [-0.05, 0) is 124 Å². The minimum absolute atomic E-state index is 0.0195. The van der Waals surface area contributed by atoms with Gasteiger partial charge in [-0.25, -0.2) is 10.2 Å². The van der Waals surface area contributed by atoms with Gasteiger partial charge in [0.05, 0.1) is 123 Å². The number of aliphatic carboxylic acids is 1. The van der Waals surface area contributed by atoms with E-state index < -0.39 is 371 Å². The largest absolute Gasteiger partial charge is 0.479 e. The average Bonchev–Trinajstić information content (AvgIpc) is 0.667. The molecule has 13 fully saturated rings. The Labute approximate surface area is 856 Å². The Balaban J connectivity index is 0.755. The van der Waals surface area contributed by atoms with Gasteiger partial charge in [0.1, 0.15) is 170 Å². The zero-order valence-electron chi connectivity index (χ0n) is 84.4. The Hall–Kier alpha value is -5.12. The maximum Gasteiger partial charge on any atom is 0.335 e. The van der Waals surface area contributed by atoms with Gasteiger partial charge in [0.25, 0.3) is 0 Å². The summed E-state index contributed by atoms with van der Waals surface area (Å²) in [6.07, 6.45) is -77.6. The van der Waals surface area contributed by atoms with Crippen molar-refractivity contribution < 1.29 is 246 Å². The lowest BCUT2D eigenvalue weighted by Gasteiger charge is -2.71. The SMILES string of the molecule is CC(=O)OC1C(C)OC(OC2C(C)OC(OC(=O)[C@]34CCC(C)(C)CC3C3=CCC5[C@@]6(C)CC[C@H](OC7OC(C(=O)O)C(O)C(OC8OCC(O)C(O)C8O)C7OC7OC(CO)C(O)C(O)C7O)[C@@](C)(/C=N/NC(=O)CCOCCOCCOCCOCCN=[N+]=[N-])C6CC[C@@]5(C)[C@]3(C)C[C@H]4O)C(OC3OC(C)C(OC4OCC(O)C(OC5OC(CO)C(O)C(O)C5O)C4O)C(O)C3O)C2O)C(O)C1OC1OCC(O)C(O)C1O. The van der Waals surface area contributed by atoms with E-state index in [1.807, 2.05) is 13.8 Å². The van der Waals surface area contributed by atoms with Crippen LogP contribution >= 0.6 is 0 Å². The lowest BCUT2D eigenvalue weighted by Crippen LogP contribution is -2.69. The number of amides is 1. The van der Waals surface area contributed by atoms with E-state index in [4.69, 9.17) is 114 Å². The van der Waals surface area contributed by atoms with Crippen molar-refractivity contribution in [3.8, 4) is 0 Å². The number of nitrogens with zero attached hydrogens (tertiary/aromatic N) is 4. The number of fused-ring (bicyclic) bond motifs is 7. The molecule has 0 aromatic rings. The first-order valence-electron chi connectivity index (χ1n) is 50.8. The lowest BCUT2D eigenvalue weighted by molar-refractivity contribution is -0.392. The van der Waals surface area contributed by atoms with Crippen LogP contribution in [0.4, 0.5) is 0 Å². The Kier molecular flexibility index (Phi) is 40.0. The number of aliphatic hydroxyl groups excluding tert-OH is 22. The van der Waals surface area contributed by atoms with Crippen molar-refractivity contribution >= 4 is 30.0 Å². The van der Waals surface area contributed by atoms with Gasteiger partial charge in [0.15, 0.2) is 68.6 Å². The van der Waals surface area contributed by atoms with E-state index in [0.29, 0.717) is 19.3 Å². The number of ether oxygens (including phenoxy) is 23. The molecular formula is C94H151N5O50. The summed E-state index contributed by atoms with van der Waals surface area (Å²) in [6, 6.07) is 0. The summed E-state index contributed by atoms with van der Waals surface area (Å²) in [6.45, 7) is 15.1. The fourth-order valence-corrected chi connectivity index (χ4v) is 24.6. The molecule has 5 aliphatic carbocycles. The number of hydrogen-bond donors (Lipinski definition) is 24. The van der Waals surface area contributed by atoms with Gasteiger partial charge >= 0.3 is 17.9 Å². The predicted octanol–water partition coefficient (Wildman–Crippen LogP) is -8.43. The van der Waals surface area contributed by atoms with Gasteiger partial charge in [-0.3, -0.25) is 14.4 Å². The second-order valence-electron chi connectivity index (χ2n) is 43.1. The van der Waals surface area contributed by atoms with Gasteiger partial charge < -0.3 is 226 Å². The minimum atomic E-state index is -2.31. The third kappa shape index (κ3) is 24.7. The molecule has 0 radical (unpaired) electrons. The number of nitrogens with one attached hydrogen (secondary N) is 1. The highest BCUT2D eigenvalue weighted by atomic mass is 16.8. The molecule has 0 spiro atoms. The van der Waals surface area contributed by atoms with Crippen LogP contribution in [0, 0.1) is 50.2 Å². The third-order valence-electron chi connectivity index (χ3n) is 33.2. The number of carboxylic acid groups (broad SMARTS) is 1. The average molecular weight is 2150 g/mol. The van der Waals surface area contributed by atoms with Crippen molar-refractivity contribution in [1.82, 2.24) is 5.43 Å². The van der Waals surface area contributed by atoms with Gasteiger partial charge in [-0.1, -0.05) is 58.3 Å². The van der Waals surface area contributed by atoms with Gasteiger partial charge in [-0.2, -0.15) is 5.10 Å². The summed E-state index contributed by atoms with van der Waals surface area (Å²) >= 11 is 0. The molecule has 0 aromatic heterocycles. The molecule has 0 aromatic carbocycles. The van der Waals surface area contributed by atoms with Crippen LogP contribution in [-0.4, -0.2) is 510 Å². The number of carbonyl (C=O) groups is 4. The standard InChI is InChI=1S/C94H151N5O50/c1-37-69(141-81-67(122)72(45(105)35-133-81)143-83-62(117)57(112)55(110)46(31-100)138-83)59(114)64(119)82(134-37)147-76-65(120)70(142-85-68(123)74(71(39(3)135-85)137-40(4)102)145-80-61(116)54(109)44(104)34-132-80)38(2)136-86(76)149-88(126)94-19-18-89(5,6)29-42(94)41-11-12-49-90(7)16-14-51(140-87-77(148-84-63(118)58(113)56(111)47(32-101)139-84)73(66(121)75(146-87)78(124)125)144-79-60(115)53(108)43(103)33-131-79)91(8,48(90)13-17-92(49,9)93(41,10)30-50(94)106)36-97-98-52(107)15-21-127-23-25-129-27-28-130-26-24-128-22-20-96-99-95/h11,36-39,42-51,53-77,79-87,100-101,103-106,108-123H,12-35H2,1-10H3,(H,98,107)(H,124,125)/b97-36+/t37?,38?,39?,42?,43?,44?,45?,46?,47?,48?,49?,50-,51+,53?,54?,55?,56?,57?,58?,59?,60?,61?,62?,63?,64?,65?,66?,67?,68?,69?,70?,71?,72?,73?,74?,75?,76?,77?,79?,80?,81?,82?,83?,84?,85?,86?,87?,90+,91+,92-,93-,94-/m1/s1. The van der Waals surface area contributed by atoms with Crippen LogP contribution in [-0.2, 0) is 128 Å². The highest BCUT2D eigenvalue weighted by Crippen LogP contribution is 2.76. The molecule has 14 aliphatic rings. The van der Waals surface area contributed by atoms with Crippen molar-refractivity contribution in [2.24, 2.45) is 60.5 Å². The molecule has 9 saturated heterocycles. The summed E-state index contributed by atoms with van der Waals surface area (Å²) in [5.41, 5.74) is 5.28. The van der Waals surface area contributed by atoms with Gasteiger partial charge in [-0.15, -0.1) is 0 Å². The summed E-state index contributed by atoms with van der Waals surface area (Å²) in [7, 11) is 0. The molecule has 14 rings (SSSR count). The fraction of sp³-hybridized carbons (Fsp3) is 0.926. The maximum atomic E-state index is 16.6. The number of hydrazone groups is 1. The van der Waals surface area contributed by atoms with E-state index in [-0.39, 0.29) is 110 Å². The Morgan fingerprint density at radius 3 is 1.48 bits per heavy atom. The molecule has 9 heterocycles. The molecule has 149 heavy (non-hydrogen) atoms. The first-order valence-corrected chi connectivity index (χ1v) is 50.8. The van der Waals surface area contributed by atoms with Crippen LogP contribution in [0.15, 0.2) is 21.9 Å². The molecule has 55 nitrogen and oxygen atoms in total. The second kappa shape index (κ2) is 50.0. The van der Waals surface area contributed by atoms with E-state index in [9.17, 15) is 132 Å². The van der Waals surface area contributed by atoms with Gasteiger partial charge in [0, 0.05) is 30.0 Å². The number of carboxylic acids is 1. The van der Waals surface area contributed by atoms with E-state index in [1.165, 1.54) is 27.0 Å². The Morgan fingerprint density at radius 1 is 0.450 bits per heavy atom. The van der Waals surface area contributed by atoms with Crippen LogP contribution in [0.1, 0.15) is 133 Å². The molecule has 52 atom stereocenters. The minimum Gasteiger partial charge on any atom is -0.479 e. The summed E-state index contributed by atoms with van der Waals surface area (Å²) < 4.78 is 138. The van der Waals surface area contributed by atoms with Crippen molar-refractivity contribution in [2.45, 2.75) is 404 Å². The molecular weight excluding hydrogens is 2000 g/mol. The molecule has 55 heteroatoms. The fourth-order valence-electron chi connectivity index (χ4n) is 24.6. The molecule has 0 bridgehead atoms. The summed E-state index contributed by atoms with van der Waals surface area (Å²) in [4.78, 5) is 59.4. The maximum absolute atomic E-state index is 16.6. The zero-order valence-corrected chi connectivity index (χ0v) is 84.4. The lowest BCUT2D eigenvalue weighted by atomic mass is 9.33. The van der Waals surface area contributed by atoms with E-state index >= 15 is 4.79 Å². The van der Waals surface area contributed by atoms with Crippen molar-refractivity contribution in [1.29, 1.82) is 0 Å². The molecule has 852 valence electrons. The molecule has 9 aliphatic heterocycles. The number of esters is 2. The van der Waals surface area contributed by atoms with Crippen molar-refractivity contribution in [3.05, 3.63) is 22.1 Å². The van der Waals surface area contributed by atoms with E-state index in [1.54, 1.807) is 6.92 Å². The summed E-state index contributed by atoms with van der Waals surface area (Å²) in [5.74, 6) is -6.15. The number of aliphatic hydroxyl groups is 22. The van der Waals surface area contributed by atoms with Crippen LogP contribution in [0.2, 0.25) is 0 Å². The Bertz CT molecular complexity index is 4480. The number of carbonyl (C=O) groups excluding carboxylic acids is 3. The zero-order chi connectivity index (χ0) is 108. The van der Waals surface area contributed by atoms with E-state index in [2.05, 4.69) is 47.4 Å². The second-order valence-corrected chi connectivity index (χ2v) is 43.1. The number of rotatable bonds is 39. The number of hydrogen-bond acceptors (Lipinski definition) is 51. The highest BCUT2D eigenvalue weighted by molar-refractivity contribution is 5.80. The Morgan fingerprint density at radius 2 is 0.919 bits per heavy atom. The predicted molar refractivity (Wildman–Crippen MR) is 488 cm³/mol. The summed E-state index contributed by atoms with van der Waals surface area (Å²) in [5, 5.41) is 268. The first-order chi connectivity index (χ1) is 70.5. The highest BCUT2D eigenvalue weighted by Gasteiger charge is 2.74. The first kappa shape index (κ1) is 119. The monoisotopic (exact) mass is 2150 g/mol. The molecule has 45 unspecified atom stereocenters. The molecule has 24 N–H and O–H groups in total.